The van der Waals surface area contributed by atoms with Crippen molar-refractivity contribution in [3.05, 3.63) is 17.5 Å². The highest BCUT2D eigenvalue weighted by Crippen LogP contribution is 2.36. The van der Waals surface area contributed by atoms with E-state index in [1.165, 1.54) is 4.68 Å². The van der Waals surface area contributed by atoms with Crippen LogP contribution >= 0.6 is 0 Å². The first kappa shape index (κ1) is 15.5. The Hall–Kier alpha value is -1.89. The van der Waals surface area contributed by atoms with Crippen molar-refractivity contribution in [2.45, 2.75) is 44.1 Å². The highest BCUT2D eigenvalue weighted by atomic mass is 16.2. The zero-order valence-electron chi connectivity index (χ0n) is 12.4. The third-order valence-electron chi connectivity index (χ3n) is 4.08. The molecule has 0 radical (unpaired) electrons. The summed E-state index contributed by atoms with van der Waals surface area (Å²) >= 11 is 0. The first-order chi connectivity index (χ1) is 9.98. The van der Waals surface area contributed by atoms with Gasteiger partial charge in [-0.3, -0.25) is 14.3 Å². The molecule has 1 aliphatic carbocycles. The lowest BCUT2D eigenvalue weighted by atomic mass is 9.79. The topological polar surface area (TPSA) is 116 Å². The predicted molar refractivity (Wildman–Crippen MR) is 78.3 cm³/mol. The van der Waals surface area contributed by atoms with Gasteiger partial charge >= 0.3 is 0 Å². The fourth-order valence-electron chi connectivity index (χ4n) is 2.99. The van der Waals surface area contributed by atoms with Crippen LogP contribution in [0.1, 0.15) is 54.7 Å². The minimum Gasteiger partial charge on any atom is -0.364 e. The number of carbonyl (C=O) groups is 2. The third-order valence-corrected chi connectivity index (χ3v) is 4.08. The van der Waals surface area contributed by atoms with E-state index in [1.807, 2.05) is 0 Å². The molecule has 1 aromatic rings. The van der Waals surface area contributed by atoms with Crippen LogP contribution in [0.3, 0.4) is 0 Å². The molecular weight excluding hydrogens is 270 g/mol. The second-order valence-corrected chi connectivity index (χ2v) is 5.63. The number of rotatable bonds is 5. The zero-order chi connectivity index (χ0) is 15.5. The summed E-state index contributed by atoms with van der Waals surface area (Å²) in [6, 6.07) is 1.69. The first-order valence-corrected chi connectivity index (χ1v) is 7.34. The molecule has 2 rings (SSSR count). The smallest absolute Gasteiger partial charge is 0.266 e. The Morgan fingerprint density at radius 2 is 2.05 bits per heavy atom. The lowest BCUT2D eigenvalue weighted by Crippen LogP contribution is -2.48. The monoisotopic (exact) mass is 293 g/mol. The number of nitrogens with one attached hydrogen (secondary N) is 1. The van der Waals surface area contributed by atoms with Crippen LogP contribution < -0.4 is 16.8 Å². The highest BCUT2D eigenvalue weighted by Gasteiger charge is 2.38. The zero-order valence-corrected chi connectivity index (χ0v) is 12.4. The second-order valence-electron chi connectivity index (χ2n) is 5.63. The molecule has 1 aromatic heterocycles. The number of aromatic nitrogens is 2. The molecule has 1 heterocycles. The van der Waals surface area contributed by atoms with Gasteiger partial charge in [0.25, 0.3) is 5.91 Å². The van der Waals surface area contributed by atoms with Crippen molar-refractivity contribution in [1.29, 1.82) is 0 Å². The van der Waals surface area contributed by atoms with Crippen LogP contribution in [0, 0.1) is 0 Å². The van der Waals surface area contributed by atoms with Crippen LogP contribution in [-0.4, -0.2) is 28.1 Å². The van der Waals surface area contributed by atoms with Crippen LogP contribution in [0.2, 0.25) is 0 Å². The maximum absolute atomic E-state index is 12.0. The van der Waals surface area contributed by atoms with Crippen molar-refractivity contribution < 1.29 is 9.59 Å². The Kier molecular flexibility index (Phi) is 4.62. The third kappa shape index (κ3) is 3.24. The Balaban J connectivity index is 2.33. The highest BCUT2D eigenvalue weighted by molar-refractivity contribution is 5.91. The summed E-state index contributed by atoms with van der Waals surface area (Å²) in [6.07, 6.45) is 5.11. The average molecular weight is 293 g/mol. The van der Waals surface area contributed by atoms with Gasteiger partial charge in [0, 0.05) is 20.0 Å². The number of amides is 2. The Labute approximate surface area is 124 Å². The lowest BCUT2D eigenvalue weighted by Gasteiger charge is -2.36. The summed E-state index contributed by atoms with van der Waals surface area (Å²) in [6.45, 7) is 0.316. The summed E-state index contributed by atoms with van der Waals surface area (Å²) in [5.74, 6) is -0.596. The predicted octanol–water partition coefficient (Wildman–Crippen LogP) is 0.143. The van der Waals surface area contributed by atoms with E-state index in [-0.39, 0.29) is 12.3 Å². The van der Waals surface area contributed by atoms with E-state index < -0.39 is 11.4 Å². The standard InChI is InChI=1S/C14H23N5O2/c1-19-10(13(16)21)9-11(18-19)14(6-3-2-4-7-14)17-12(20)5-8-15/h9H,2-8,15H2,1H3,(H2,16,21)(H,17,20). The number of primary amides is 1. The lowest BCUT2D eigenvalue weighted by molar-refractivity contribution is -0.123. The molecule has 0 saturated heterocycles. The molecular formula is C14H23N5O2. The summed E-state index contributed by atoms with van der Waals surface area (Å²) < 4.78 is 1.48. The van der Waals surface area contributed by atoms with Gasteiger partial charge in [0.05, 0.1) is 11.2 Å². The van der Waals surface area contributed by atoms with E-state index in [1.54, 1.807) is 13.1 Å². The van der Waals surface area contributed by atoms with Crippen LogP contribution in [-0.2, 0) is 17.4 Å². The van der Waals surface area contributed by atoms with Crippen LogP contribution in [0.15, 0.2) is 6.07 Å². The van der Waals surface area contributed by atoms with E-state index in [4.69, 9.17) is 11.5 Å². The normalized spacial score (nSPS) is 17.4. The van der Waals surface area contributed by atoms with E-state index in [9.17, 15) is 9.59 Å². The van der Waals surface area contributed by atoms with Crippen molar-refractivity contribution in [2.75, 3.05) is 6.54 Å². The molecule has 1 saturated carbocycles. The molecule has 1 fully saturated rings. The van der Waals surface area contributed by atoms with E-state index >= 15 is 0 Å². The maximum atomic E-state index is 12.0. The van der Waals surface area contributed by atoms with Crippen LogP contribution in [0.5, 0.6) is 0 Å². The fourth-order valence-corrected chi connectivity index (χ4v) is 2.99. The molecule has 7 heteroatoms. The molecule has 21 heavy (non-hydrogen) atoms. The molecule has 0 unspecified atom stereocenters. The number of nitrogens with zero attached hydrogens (tertiary/aromatic N) is 2. The van der Waals surface area contributed by atoms with Gasteiger partial charge in [0.15, 0.2) is 0 Å². The number of hydrogen-bond acceptors (Lipinski definition) is 4. The molecule has 1 aliphatic rings. The SMILES string of the molecule is Cn1nc(C2(NC(=O)CCN)CCCCC2)cc1C(N)=O. The quantitative estimate of drug-likeness (QED) is 0.716. The van der Waals surface area contributed by atoms with Gasteiger partial charge < -0.3 is 16.8 Å². The fraction of sp³-hybridized carbons (Fsp3) is 0.643. The molecule has 0 spiro atoms. The minimum absolute atomic E-state index is 0.0781. The van der Waals surface area contributed by atoms with E-state index in [0.29, 0.717) is 17.9 Å². The van der Waals surface area contributed by atoms with Gasteiger partial charge in [-0.2, -0.15) is 5.10 Å². The molecule has 0 aromatic carbocycles. The van der Waals surface area contributed by atoms with Gasteiger partial charge in [-0.15, -0.1) is 0 Å². The van der Waals surface area contributed by atoms with Crippen molar-refractivity contribution in [2.24, 2.45) is 18.5 Å². The Bertz CT molecular complexity index is 531. The van der Waals surface area contributed by atoms with Crippen molar-refractivity contribution in [3.8, 4) is 0 Å². The van der Waals surface area contributed by atoms with Gasteiger partial charge in [0.2, 0.25) is 5.91 Å². The summed E-state index contributed by atoms with van der Waals surface area (Å²) in [5.41, 5.74) is 11.3. The van der Waals surface area contributed by atoms with Crippen molar-refractivity contribution >= 4 is 11.8 Å². The second kappa shape index (κ2) is 6.26. The summed E-state index contributed by atoms with van der Waals surface area (Å²) in [4.78, 5) is 23.4. The van der Waals surface area contributed by atoms with Gasteiger partial charge in [0.1, 0.15) is 5.69 Å². The number of aryl methyl sites for hydroxylation is 1. The Morgan fingerprint density at radius 3 is 2.57 bits per heavy atom. The summed E-state index contributed by atoms with van der Waals surface area (Å²) in [5, 5.41) is 7.49. The summed E-state index contributed by atoms with van der Waals surface area (Å²) in [7, 11) is 1.68. The van der Waals surface area contributed by atoms with E-state index in [2.05, 4.69) is 10.4 Å². The van der Waals surface area contributed by atoms with Crippen LogP contribution in [0.25, 0.3) is 0 Å². The number of nitrogens with two attached hydrogens (primary N) is 2. The minimum atomic E-state index is -0.518. The van der Waals surface area contributed by atoms with Crippen molar-refractivity contribution in [1.82, 2.24) is 15.1 Å². The van der Waals surface area contributed by atoms with Gasteiger partial charge in [-0.1, -0.05) is 19.3 Å². The number of hydrogen-bond donors (Lipinski definition) is 3. The molecule has 116 valence electrons. The van der Waals surface area contributed by atoms with Gasteiger partial charge in [-0.05, 0) is 18.9 Å². The maximum Gasteiger partial charge on any atom is 0.266 e. The van der Waals surface area contributed by atoms with Crippen LogP contribution in [0.4, 0.5) is 0 Å². The molecule has 0 aliphatic heterocycles. The largest absolute Gasteiger partial charge is 0.364 e. The van der Waals surface area contributed by atoms with E-state index in [0.717, 1.165) is 32.1 Å². The first-order valence-electron chi connectivity index (χ1n) is 7.34. The Morgan fingerprint density at radius 1 is 1.38 bits per heavy atom. The molecule has 5 N–H and O–H groups in total. The molecule has 7 nitrogen and oxygen atoms in total. The molecule has 0 bridgehead atoms. The van der Waals surface area contributed by atoms with Crippen molar-refractivity contribution in [3.63, 3.8) is 0 Å². The molecule has 0 atom stereocenters. The van der Waals surface area contributed by atoms with Gasteiger partial charge in [-0.25, -0.2) is 0 Å². The number of carbonyl (C=O) groups excluding carboxylic acids is 2. The molecule has 2 amide bonds. The average Bonchev–Trinajstić information content (AvgIpc) is 2.83.